The summed E-state index contributed by atoms with van der Waals surface area (Å²) in [4.78, 5) is 23.1. The lowest BCUT2D eigenvalue weighted by atomic mass is 10.0. The zero-order chi connectivity index (χ0) is 16.8. The molecule has 1 aliphatic heterocycles. The van der Waals surface area contributed by atoms with Gasteiger partial charge in [-0.1, -0.05) is 18.9 Å². The summed E-state index contributed by atoms with van der Waals surface area (Å²) in [6.07, 6.45) is 3.99. The lowest BCUT2D eigenvalue weighted by Gasteiger charge is -2.13. The highest BCUT2D eigenvalue weighted by Gasteiger charge is 2.26. The van der Waals surface area contributed by atoms with Crippen LogP contribution in [0.15, 0.2) is 18.2 Å². The molecule has 1 aromatic carbocycles. The molecule has 0 saturated carbocycles. The fraction of sp³-hybridized carbons (Fsp3) is 0.529. The fourth-order valence-electron chi connectivity index (χ4n) is 2.75. The molecule has 0 aliphatic carbocycles. The largest absolute Gasteiger partial charge is 0.334 e. The molecular weight excluding hydrogens is 297 g/mol. The molecule has 23 heavy (non-hydrogen) atoms. The second-order valence-electron chi connectivity index (χ2n) is 6.07. The van der Waals surface area contributed by atoms with Crippen molar-refractivity contribution in [2.75, 3.05) is 5.32 Å². The first kappa shape index (κ1) is 17.2. The van der Waals surface area contributed by atoms with E-state index < -0.39 is 0 Å². The van der Waals surface area contributed by atoms with E-state index in [2.05, 4.69) is 16.0 Å². The number of rotatable bonds is 7. The predicted octanol–water partition coefficient (Wildman–Crippen LogP) is 3.09. The van der Waals surface area contributed by atoms with Crippen LogP contribution in [-0.4, -0.2) is 24.0 Å². The number of carbonyl (C=O) groups is 2. The Morgan fingerprint density at radius 2 is 2.04 bits per heavy atom. The molecule has 2 rings (SSSR count). The van der Waals surface area contributed by atoms with Crippen molar-refractivity contribution in [1.29, 1.82) is 0 Å². The maximum Gasteiger partial charge on any atom is 0.315 e. The van der Waals surface area contributed by atoms with Gasteiger partial charge in [0.2, 0.25) is 5.91 Å². The third-order valence-electron chi connectivity index (χ3n) is 4.24. The van der Waals surface area contributed by atoms with Gasteiger partial charge >= 0.3 is 6.03 Å². The molecule has 0 spiro atoms. The minimum Gasteiger partial charge on any atom is -0.334 e. The molecule has 0 aromatic heterocycles. The summed E-state index contributed by atoms with van der Waals surface area (Å²) in [6, 6.07) is 4.89. The van der Waals surface area contributed by atoms with Gasteiger partial charge in [0.25, 0.3) is 0 Å². The number of halogens is 1. The summed E-state index contributed by atoms with van der Waals surface area (Å²) in [6.45, 7) is 3.63. The smallest absolute Gasteiger partial charge is 0.315 e. The molecule has 126 valence electrons. The zero-order valence-electron chi connectivity index (χ0n) is 13.6. The van der Waals surface area contributed by atoms with Crippen LogP contribution < -0.4 is 16.0 Å². The number of hydrogen-bond acceptors (Lipinski definition) is 2. The van der Waals surface area contributed by atoms with Crippen molar-refractivity contribution in [3.63, 3.8) is 0 Å². The lowest BCUT2D eigenvalue weighted by molar-refractivity contribution is -0.116. The standard InChI is InChI=1S/C17H24FN3O2/c1-11-13(18)7-6-9-14(11)20-16(22)10-5-3-4-8-15-12(2)19-17(23)21-15/h6-7,9,12,15H,3-5,8,10H2,1-2H3,(H,20,22)(H2,19,21,23)/t12-,15-/m0/s1. The Morgan fingerprint density at radius 3 is 2.74 bits per heavy atom. The van der Waals surface area contributed by atoms with Crippen LogP contribution in [0.5, 0.6) is 0 Å². The predicted molar refractivity (Wildman–Crippen MR) is 87.8 cm³/mol. The van der Waals surface area contributed by atoms with E-state index in [9.17, 15) is 14.0 Å². The van der Waals surface area contributed by atoms with E-state index in [1.54, 1.807) is 19.1 Å². The molecule has 0 bridgehead atoms. The van der Waals surface area contributed by atoms with Crippen molar-refractivity contribution >= 4 is 17.6 Å². The summed E-state index contributed by atoms with van der Waals surface area (Å²) in [5.74, 6) is -0.410. The van der Waals surface area contributed by atoms with E-state index >= 15 is 0 Å². The summed E-state index contributed by atoms with van der Waals surface area (Å²) >= 11 is 0. The lowest BCUT2D eigenvalue weighted by Crippen LogP contribution is -2.30. The molecule has 6 heteroatoms. The van der Waals surface area contributed by atoms with Gasteiger partial charge in [0, 0.05) is 23.7 Å². The van der Waals surface area contributed by atoms with Gasteiger partial charge in [-0.25, -0.2) is 9.18 Å². The van der Waals surface area contributed by atoms with Gasteiger partial charge in [0.15, 0.2) is 0 Å². The maximum absolute atomic E-state index is 13.4. The Bertz CT molecular complexity index is 577. The molecule has 1 heterocycles. The van der Waals surface area contributed by atoms with Gasteiger partial charge in [-0.3, -0.25) is 4.79 Å². The maximum atomic E-state index is 13.4. The molecule has 1 aliphatic rings. The van der Waals surface area contributed by atoms with Crippen LogP contribution in [0.3, 0.4) is 0 Å². The summed E-state index contributed by atoms with van der Waals surface area (Å²) in [5.41, 5.74) is 0.989. The second-order valence-corrected chi connectivity index (χ2v) is 6.07. The Kier molecular flexibility index (Phi) is 5.96. The van der Waals surface area contributed by atoms with E-state index in [4.69, 9.17) is 0 Å². The van der Waals surface area contributed by atoms with Crippen molar-refractivity contribution in [2.24, 2.45) is 0 Å². The van der Waals surface area contributed by atoms with Crippen molar-refractivity contribution in [1.82, 2.24) is 10.6 Å². The fourth-order valence-corrected chi connectivity index (χ4v) is 2.75. The van der Waals surface area contributed by atoms with Crippen LogP contribution >= 0.6 is 0 Å². The van der Waals surface area contributed by atoms with Crippen LogP contribution in [-0.2, 0) is 4.79 Å². The summed E-state index contributed by atoms with van der Waals surface area (Å²) in [7, 11) is 0. The Labute approximate surface area is 136 Å². The number of nitrogens with one attached hydrogen (secondary N) is 3. The third-order valence-corrected chi connectivity index (χ3v) is 4.24. The number of unbranched alkanes of at least 4 members (excludes halogenated alkanes) is 2. The summed E-state index contributed by atoms with van der Waals surface area (Å²) < 4.78 is 13.4. The molecule has 1 aromatic rings. The molecule has 2 atom stereocenters. The number of anilines is 1. The van der Waals surface area contributed by atoms with Crippen LogP contribution in [0, 0.1) is 12.7 Å². The SMILES string of the molecule is Cc1c(F)cccc1NC(=O)CCCCC[C@@H]1NC(=O)N[C@H]1C. The highest BCUT2D eigenvalue weighted by molar-refractivity contribution is 5.91. The monoisotopic (exact) mass is 321 g/mol. The average molecular weight is 321 g/mol. The molecule has 0 unspecified atom stereocenters. The van der Waals surface area contributed by atoms with Crippen molar-refractivity contribution in [3.8, 4) is 0 Å². The number of benzene rings is 1. The van der Waals surface area contributed by atoms with Crippen LogP contribution in [0.2, 0.25) is 0 Å². The number of carbonyl (C=O) groups excluding carboxylic acids is 2. The van der Waals surface area contributed by atoms with E-state index in [0.717, 1.165) is 25.7 Å². The summed E-state index contributed by atoms with van der Waals surface area (Å²) in [5, 5.41) is 8.45. The Morgan fingerprint density at radius 1 is 1.26 bits per heavy atom. The van der Waals surface area contributed by atoms with E-state index in [1.165, 1.54) is 6.07 Å². The van der Waals surface area contributed by atoms with E-state index in [0.29, 0.717) is 17.7 Å². The Balaban J connectivity index is 1.63. The van der Waals surface area contributed by atoms with Gasteiger partial charge in [0.05, 0.1) is 6.04 Å². The van der Waals surface area contributed by atoms with Gasteiger partial charge in [0.1, 0.15) is 5.82 Å². The molecule has 0 radical (unpaired) electrons. The van der Waals surface area contributed by atoms with E-state index in [1.807, 2.05) is 6.92 Å². The molecule has 3 N–H and O–H groups in total. The highest BCUT2D eigenvalue weighted by Crippen LogP contribution is 2.18. The minimum absolute atomic E-state index is 0.0945. The highest BCUT2D eigenvalue weighted by atomic mass is 19.1. The van der Waals surface area contributed by atoms with Gasteiger partial charge in [-0.15, -0.1) is 0 Å². The quantitative estimate of drug-likeness (QED) is 0.675. The van der Waals surface area contributed by atoms with Crippen LogP contribution in [0.1, 0.15) is 44.6 Å². The number of urea groups is 1. The van der Waals surface area contributed by atoms with Crippen LogP contribution in [0.25, 0.3) is 0 Å². The first-order valence-electron chi connectivity index (χ1n) is 8.09. The third kappa shape index (κ3) is 4.94. The molecule has 1 fully saturated rings. The van der Waals surface area contributed by atoms with Gasteiger partial charge < -0.3 is 16.0 Å². The zero-order valence-corrected chi connectivity index (χ0v) is 13.6. The van der Waals surface area contributed by atoms with Crippen LogP contribution in [0.4, 0.5) is 14.9 Å². The normalized spacial score (nSPS) is 20.0. The number of hydrogen-bond donors (Lipinski definition) is 3. The first-order valence-corrected chi connectivity index (χ1v) is 8.09. The molecule has 3 amide bonds. The van der Waals surface area contributed by atoms with Gasteiger partial charge in [-0.2, -0.15) is 0 Å². The average Bonchev–Trinajstić information content (AvgIpc) is 2.81. The number of amides is 3. The van der Waals surface area contributed by atoms with Gasteiger partial charge in [-0.05, 0) is 38.8 Å². The first-order chi connectivity index (χ1) is 11.0. The Hall–Kier alpha value is -2.11. The van der Waals surface area contributed by atoms with Crippen molar-refractivity contribution < 1.29 is 14.0 Å². The van der Waals surface area contributed by atoms with Crippen molar-refractivity contribution in [2.45, 2.75) is 58.0 Å². The molecular formula is C17H24FN3O2. The van der Waals surface area contributed by atoms with E-state index in [-0.39, 0.29) is 29.8 Å². The van der Waals surface area contributed by atoms with Crippen molar-refractivity contribution in [3.05, 3.63) is 29.6 Å². The topological polar surface area (TPSA) is 70.2 Å². The second kappa shape index (κ2) is 7.94. The minimum atomic E-state index is -0.316. The molecule has 1 saturated heterocycles. The molecule has 5 nitrogen and oxygen atoms in total.